The second-order valence-corrected chi connectivity index (χ2v) is 6.70. The highest BCUT2D eigenvalue weighted by Crippen LogP contribution is 2.58. The van der Waals surface area contributed by atoms with Crippen LogP contribution in [-0.4, -0.2) is 23.5 Å². The number of carboxylic acids is 1. The minimum atomic E-state index is -0.850. The van der Waals surface area contributed by atoms with Gasteiger partial charge >= 0.3 is 5.97 Å². The standard InChI is InChI=1S/C15H25NO3/c1-15(2)11(12(15)14(18)19)13(17)16-9-8-10-6-4-3-5-7-10/h10-12H,3-9H2,1-2H3,(H,16,17)(H,18,19). The monoisotopic (exact) mass is 267 g/mol. The van der Waals surface area contributed by atoms with E-state index in [-0.39, 0.29) is 17.2 Å². The summed E-state index contributed by atoms with van der Waals surface area (Å²) >= 11 is 0. The van der Waals surface area contributed by atoms with E-state index in [0.29, 0.717) is 6.54 Å². The van der Waals surface area contributed by atoms with Gasteiger partial charge in [0, 0.05) is 6.54 Å². The number of hydrogen-bond donors (Lipinski definition) is 2. The molecule has 0 aromatic rings. The van der Waals surface area contributed by atoms with Gasteiger partial charge in [-0.2, -0.15) is 0 Å². The molecule has 2 aliphatic carbocycles. The zero-order valence-corrected chi connectivity index (χ0v) is 11.9. The second kappa shape index (κ2) is 5.51. The van der Waals surface area contributed by atoms with Crippen LogP contribution in [-0.2, 0) is 9.59 Å². The molecule has 0 aliphatic heterocycles. The number of carboxylic acid groups (broad SMARTS) is 1. The van der Waals surface area contributed by atoms with Crippen LogP contribution in [0.15, 0.2) is 0 Å². The molecule has 0 bridgehead atoms. The molecule has 0 aromatic carbocycles. The molecule has 2 unspecified atom stereocenters. The lowest BCUT2D eigenvalue weighted by Gasteiger charge is -2.21. The molecule has 4 heteroatoms. The van der Waals surface area contributed by atoms with Gasteiger partial charge in [-0.1, -0.05) is 46.0 Å². The van der Waals surface area contributed by atoms with Crippen molar-refractivity contribution < 1.29 is 14.7 Å². The summed E-state index contributed by atoms with van der Waals surface area (Å²) < 4.78 is 0. The first-order chi connectivity index (χ1) is 8.94. The van der Waals surface area contributed by atoms with Gasteiger partial charge in [0.1, 0.15) is 0 Å². The van der Waals surface area contributed by atoms with E-state index in [0.717, 1.165) is 12.3 Å². The highest BCUT2D eigenvalue weighted by Gasteiger charge is 2.65. The lowest BCUT2D eigenvalue weighted by Crippen LogP contribution is -2.29. The van der Waals surface area contributed by atoms with Crippen LogP contribution in [0.5, 0.6) is 0 Å². The van der Waals surface area contributed by atoms with Crippen LogP contribution >= 0.6 is 0 Å². The van der Waals surface area contributed by atoms with Gasteiger partial charge in [0.05, 0.1) is 11.8 Å². The van der Waals surface area contributed by atoms with Crippen molar-refractivity contribution in [2.24, 2.45) is 23.2 Å². The van der Waals surface area contributed by atoms with Gasteiger partial charge in [-0.3, -0.25) is 9.59 Å². The van der Waals surface area contributed by atoms with Crippen molar-refractivity contribution in [1.29, 1.82) is 0 Å². The number of hydrogen-bond acceptors (Lipinski definition) is 2. The topological polar surface area (TPSA) is 66.4 Å². The maximum atomic E-state index is 12.0. The molecule has 0 spiro atoms. The van der Waals surface area contributed by atoms with Crippen LogP contribution in [0.25, 0.3) is 0 Å². The van der Waals surface area contributed by atoms with E-state index in [1.165, 1.54) is 32.1 Å². The van der Waals surface area contributed by atoms with Crippen molar-refractivity contribution in [3.8, 4) is 0 Å². The highest BCUT2D eigenvalue weighted by molar-refractivity contribution is 5.91. The molecule has 2 fully saturated rings. The van der Waals surface area contributed by atoms with E-state index in [1.54, 1.807) is 0 Å². The Morgan fingerprint density at radius 1 is 1.16 bits per heavy atom. The first-order valence-electron chi connectivity index (χ1n) is 7.45. The average molecular weight is 267 g/mol. The number of rotatable bonds is 5. The van der Waals surface area contributed by atoms with Crippen molar-refractivity contribution in [1.82, 2.24) is 5.32 Å². The van der Waals surface area contributed by atoms with Crippen LogP contribution < -0.4 is 5.32 Å². The minimum Gasteiger partial charge on any atom is -0.481 e. The maximum absolute atomic E-state index is 12.0. The molecule has 0 saturated heterocycles. The van der Waals surface area contributed by atoms with Crippen molar-refractivity contribution >= 4 is 11.9 Å². The van der Waals surface area contributed by atoms with Crippen molar-refractivity contribution in [3.63, 3.8) is 0 Å². The quantitative estimate of drug-likeness (QED) is 0.804. The number of carbonyl (C=O) groups is 2. The van der Waals surface area contributed by atoms with E-state index in [2.05, 4.69) is 5.32 Å². The number of amides is 1. The van der Waals surface area contributed by atoms with E-state index < -0.39 is 11.9 Å². The highest BCUT2D eigenvalue weighted by atomic mass is 16.4. The fourth-order valence-electron chi connectivity index (χ4n) is 3.57. The minimum absolute atomic E-state index is 0.0757. The van der Waals surface area contributed by atoms with Gasteiger partial charge in [0.2, 0.25) is 5.91 Å². The van der Waals surface area contributed by atoms with Crippen LogP contribution in [0.3, 0.4) is 0 Å². The molecule has 0 aromatic heterocycles. The van der Waals surface area contributed by atoms with Gasteiger partial charge in [-0.15, -0.1) is 0 Å². The Bertz CT molecular complexity index is 358. The first-order valence-corrected chi connectivity index (χ1v) is 7.45. The maximum Gasteiger partial charge on any atom is 0.307 e. The van der Waals surface area contributed by atoms with E-state index >= 15 is 0 Å². The zero-order valence-electron chi connectivity index (χ0n) is 11.9. The Kier molecular flexibility index (Phi) is 4.16. The summed E-state index contributed by atoms with van der Waals surface area (Å²) in [6.45, 7) is 4.41. The molecule has 1 amide bonds. The molecule has 2 N–H and O–H groups in total. The summed E-state index contributed by atoms with van der Waals surface area (Å²) in [6.07, 6.45) is 7.58. The molecule has 19 heavy (non-hydrogen) atoms. The number of carbonyl (C=O) groups excluding carboxylic acids is 1. The molecule has 4 nitrogen and oxygen atoms in total. The summed E-state index contributed by atoms with van der Waals surface area (Å²) in [5.74, 6) is -1.04. The molecule has 2 aliphatic rings. The summed E-state index contributed by atoms with van der Waals surface area (Å²) in [7, 11) is 0. The number of aliphatic carboxylic acids is 1. The predicted octanol–water partition coefficient (Wildman–Crippen LogP) is 2.43. The molecule has 0 radical (unpaired) electrons. The zero-order chi connectivity index (χ0) is 14.0. The summed E-state index contributed by atoms with van der Waals surface area (Å²) in [6, 6.07) is 0. The molecule has 0 heterocycles. The van der Waals surface area contributed by atoms with Crippen LogP contribution in [0, 0.1) is 23.2 Å². The van der Waals surface area contributed by atoms with Crippen LogP contribution in [0.4, 0.5) is 0 Å². The van der Waals surface area contributed by atoms with Crippen molar-refractivity contribution in [3.05, 3.63) is 0 Å². The Balaban J connectivity index is 1.72. The normalized spacial score (nSPS) is 29.8. The fourth-order valence-corrected chi connectivity index (χ4v) is 3.57. The first kappa shape index (κ1) is 14.4. The van der Waals surface area contributed by atoms with Gasteiger partial charge in [0.15, 0.2) is 0 Å². The average Bonchev–Trinajstić information content (AvgIpc) is 2.94. The molecular formula is C15H25NO3. The summed E-state index contributed by atoms with van der Waals surface area (Å²) in [5, 5.41) is 12.0. The van der Waals surface area contributed by atoms with E-state index in [4.69, 9.17) is 5.11 Å². The molecule has 2 rings (SSSR count). The Hall–Kier alpha value is -1.06. The van der Waals surface area contributed by atoms with Crippen molar-refractivity contribution in [2.75, 3.05) is 6.54 Å². The molecular weight excluding hydrogens is 242 g/mol. The van der Waals surface area contributed by atoms with Crippen LogP contribution in [0.1, 0.15) is 52.4 Å². The largest absolute Gasteiger partial charge is 0.481 e. The Morgan fingerprint density at radius 3 is 2.32 bits per heavy atom. The lowest BCUT2D eigenvalue weighted by molar-refractivity contribution is -0.140. The van der Waals surface area contributed by atoms with Crippen molar-refractivity contribution in [2.45, 2.75) is 52.4 Å². The molecule has 2 atom stereocenters. The van der Waals surface area contributed by atoms with E-state index in [9.17, 15) is 9.59 Å². The fraction of sp³-hybridized carbons (Fsp3) is 0.867. The van der Waals surface area contributed by atoms with Gasteiger partial charge in [0.25, 0.3) is 0 Å². The summed E-state index contributed by atoms with van der Waals surface area (Å²) in [4.78, 5) is 23.0. The Morgan fingerprint density at radius 2 is 1.79 bits per heavy atom. The van der Waals surface area contributed by atoms with Gasteiger partial charge in [-0.25, -0.2) is 0 Å². The van der Waals surface area contributed by atoms with E-state index in [1.807, 2.05) is 13.8 Å². The third kappa shape index (κ3) is 3.10. The third-order valence-corrected chi connectivity index (χ3v) is 4.95. The smallest absolute Gasteiger partial charge is 0.307 e. The molecule has 108 valence electrons. The number of nitrogens with one attached hydrogen (secondary N) is 1. The Labute approximate surface area is 115 Å². The predicted molar refractivity (Wildman–Crippen MR) is 72.6 cm³/mol. The van der Waals surface area contributed by atoms with Gasteiger partial charge < -0.3 is 10.4 Å². The van der Waals surface area contributed by atoms with Crippen LogP contribution in [0.2, 0.25) is 0 Å². The van der Waals surface area contributed by atoms with Gasteiger partial charge in [-0.05, 0) is 17.8 Å². The summed E-state index contributed by atoms with van der Waals surface area (Å²) in [5.41, 5.74) is -0.388. The lowest BCUT2D eigenvalue weighted by atomic mass is 9.87. The third-order valence-electron chi connectivity index (χ3n) is 4.95. The molecule has 2 saturated carbocycles. The second-order valence-electron chi connectivity index (χ2n) is 6.70. The SMILES string of the molecule is CC1(C)C(C(=O)O)C1C(=O)NCCC1CCCCC1.